The average molecular weight is 247 g/mol. The van der Waals surface area contributed by atoms with Crippen molar-refractivity contribution < 1.29 is 4.74 Å². The molecule has 1 fully saturated rings. The minimum Gasteiger partial charge on any atom is -0.494 e. The first-order valence-electron chi connectivity index (χ1n) is 7.28. The normalized spacial score (nSPS) is 21.9. The van der Waals surface area contributed by atoms with Crippen LogP contribution in [0, 0.1) is 5.92 Å². The minimum atomic E-state index is 0.765. The molecule has 2 rings (SSSR count). The molecular weight excluding hydrogens is 222 g/mol. The number of hydrogen-bond acceptors (Lipinski definition) is 2. The molecule has 1 saturated carbocycles. The zero-order valence-electron chi connectivity index (χ0n) is 11.6. The Labute approximate surface area is 111 Å². The van der Waals surface area contributed by atoms with Gasteiger partial charge in [0, 0.05) is 12.6 Å². The van der Waals surface area contributed by atoms with Crippen LogP contribution in [0.4, 0.5) is 0 Å². The molecule has 0 bridgehead atoms. The third-order valence-corrected chi connectivity index (χ3v) is 3.55. The first-order valence-corrected chi connectivity index (χ1v) is 7.28. The summed E-state index contributed by atoms with van der Waals surface area (Å²) < 4.78 is 5.58. The van der Waals surface area contributed by atoms with Gasteiger partial charge in [0.25, 0.3) is 0 Å². The molecule has 18 heavy (non-hydrogen) atoms. The van der Waals surface area contributed by atoms with Crippen LogP contribution in [0.3, 0.4) is 0 Å². The fraction of sp³-hybridized carbons (Fsp3) is 0.625. The molecule has 1 N–H and O–H groups in total. The van der Waals surface area contributed by atoms with Gasteiger partial charge in [0.05, 0.1) is 6.61 Å². The molecule has 0 spiro atoms. The van der Waals surface area contributed by atoms with Gasteiger partial charge in [-0.1, -0.05) is 32.4 Å². The van der Waals surface area contributed by atoms with E-state index >= 15 is 0 Å². The first kappa shape index (κ1) is 13.4. The van der Waals surface area contributed by atoms with E-state index < -0.39 is 0 Å². The van der Waals surface area contributed by atoms with Crippen molar-refractivity contribution in [1.82, 2.24) is 5.32 Å². The highest BCUT2D eigenvalue weighted by atomic mass is 16.5. The molecule has 0 radical (unpaired) electrons. The Morgan fingerprint density at radius 1 is 1.17 bits per heavy atom. The van der Waals surface area contributed by atoms with Gasteiger partial charge in [0.15, 0.2) is 0 Å². The molecule has 0 saturated heterocycles. The van der Waals surface area contributed by atoms with Crippen LogP contribution in [0.5, 0.6) is 5.75 Å². The summed E-state index contributed by atoms with van der Waals surface area (Å²) in [6.45, 7) is 6.18. The summed E-state index contributed by atoms with van der Waals surface area (Å²) in [7, 11) is 0. The Hall–Kier alpha value is -1.02. The third kappa shape index (κ3) is 4.02. The lowest BCUT2D eigenvalue weighted by Gasteiger charge is -2.07. The van der Waals surface area contributed by atoms with Crippen LogP contribution in [0.2, 0.25) is 0 Å². The van der Waals surface area contributed by atoms with Crippen LogP contribution in [0.1, 0.15) is 45.1 Å². The standard InChI is InChI=1S/C16H25NO/c1-3-5-14-11-16(14)17-12-13-6-8-15(9-7-13)18-10-4-2/h6-9,14,16-17H,3-5,10-12H2,1-2H3. The molecule has 1 aliphatic rings. The topological polar surface area (TPSA) is 21.3 Å². The first-order chi connectivity index (χ1) is 8.83. The number of hydrogen-bond donors (Lipinski definition) is 1. The maximum atomic E-state index is 5.58. The number of nitrogens with one attached hydrogen (secondary N) is 1. The Bertz CT molecular complexity index is 347. The highest BCUT2D eigenvalue weighted by molar-refractivity contribution is 5.27. The predicted octanol–water partition coefficient (Wildman–Crippen LogP) is 3.75. The van der Waals surface area contributed by atoms with E-state index in [1.807, 2.05) is 0 Å². The quantitative estimate of drug-likeness (QED) is 0.755. The van der Waals surface area contributed by atoms with Gasteiger partial charge in [-0.05, 0) is 42.9 Å². The van der Waals surface area contributed by atoms with Crippen molar-refractivity contribution in [3.8, 4) is 5.75 Å². The van der Waals surface area contributed by atoms with Gasteiger partial charge in [-0.3, -0.25) is 0 Å². The van der Waals surface area contributed by atoms with Gasteiger partial charge >= 0.3 is 0 Å². The smallest absolute Gasteiger partial charge is 0.119 e. The van der Waals surface area contributed by atoms with Crippen LogP contribution >= 0.6 is 0 Å². The van der Waals surface area contributed by atoms with Crippen molar-refractivity contribution >= 4 is 0 Å². The summed E-state index contributed by atoms with van der Waals surface area (Å²) in [6.07, 6.45) is 5.11. The number of ether oxygens (including phenoxy) is 1. The maximum Gasteiger partial charge on any atom is 0.119 e. The molecule has 0 aromatic heterocycles. The molecule has 0 aliphatic heterocycles. The highest BCUT2D eigenvalue weighted by Crippen LogP contribution is 2.34. The molecule has 0 heterocycles. The Balaban J connectivity index is 1.70. The molecule has 2 nitrogen and oxygen atoms in total. The van der Waals surface area contributed by atoms with Gasteiger partial charge in [0.1, 0.15) is 5.75 Å². The molecular formula is C16H25NO. The second-order valence-electron chi connectivity index (χ2n) is 5.26. The predicted molar refractivity (Wildman–Crippen MR) is 75.9 cm³/mol. The Morgan fingerprint density at radius 2 is 1.94 bits per heavy atom. The van der Waals surface area contributed by atoms with E-state index in [2.05, 4.69) is 43.4 Å². The zero-order chi connectivity index (χ0) is 12.8. The van der Waals surface area contributed by atoms with Crippen molar-refractivity contribution in [2.24, 2.45) is 5.92 Å². The van der Waals surface area contributed by atoms with E-state index in [1.54, 1.807) is 0 Å². The zero-order valence-corrected chi connectivity index (χ0v) is 11.6. The van der Waals surface area contributed by atoms with Gasteiger partial charge in [-0.25, -0.2) is 0 Å². The van der Waals surface area contributed by atoms with Gasteiger partial charge < -0.3 is 10.1 Å². The lowest BCUT2D eigenvalue weighted by molar-refractivity contribution is 0.317. The van der Waals surface area contributed by atoms with Crippen molar-refractivity contribution in [3.05, 3.63) is 29.8 Å². The van der Waals surface area contributed by atoms with E-state index in [4.69, 9.17) is 4.74 Å². The summed E-state index contributed by atoms with van der Waals surface area (Å²) in [5.74, 6) is 1.91. The fourth-order valence-corrected chi connectivity index (χ4v) is 2.36. The molecule has 2 heteroatoms. The lowest BCUT2D eigenvalue weighted by atomic mass is 10.2. The largest absolute Gasteiger partial charge is 0.494 e. The summed E-state index contributed by atoms with van der Waals surface area (Å²) in [4.78, 5) is 0. The monoisotopic (exact) mass is 247 g/mol. The Morgan fingerprint density at radius 3 is 2.61 bits per heavy atom. The fourth-order valence-electron chi connectivity index (χ4n) is 2.36. The van der Waals surface area contributed by atoms with Crippen molar-refractivity contribution in [3.63, 3.8) is 0 Å². The van der Waals surface area contributed by atoms with Gasteiger partial charge in [-0.2, -0.15) is 0 Å². The number of rotatable bonds is 8. The van der Waals surface area contributed by atoms with E-state index in [-0.39, 0.29) is 0 Å². The van der Waals surface area contributed by atoms with E-state index in [1.165, 1.54) is 24.8 Å². The summed E-state index contributed by atoms with van der Waals surface area (Å²) in [5.41, 5.74) is 1.35. The van der Waals surface area contributed by atoms with Gasteiger partial charge in [-0.15, -0.1) is 0 Å². The van der Waals surface area contributed by atoms with Crippen LogP contribution in [-0.2, 0) is 6.54 Å². The van der Waals surface area contributed by atoms with Crippen LogP contribution < -0.4 is 10.1 Å². The summed E-state index contributed by atoms with van der Waals surface area (Å²) in [6, 6.07) is 9.23. The van der Waals surface area contributed by atoms with E-state index in [9.17, 15) is 0 Å². The molecule has 1 aromatic carbocycles. The third-order valence-electron chi connectivity index (χ3n) is 3.55. The summed E-state index contributed by atoms with van der Waals surface area (Å²) >= 11 is 0. The SMILES string of the molecule is CCCOc1ccc(CNC2CC2CCC)cc1. The van der Waals surface area contributed by atoms with Crippen molar-refractivity contribution in [2.45, 2.75) is 52.1 Å². The summed E-state index contributed by atoms with van der Waals surface area (Å²) in [5, 5.41) is 3.63. The molecule has 1 aliphatic carbocycles. The molecule has 1 aromatic rings. The van der Waals surface area contributed by atoms with Crippen LogP contribution in [0.15, 0.2) is 24.3 Å². The highest BCUT2D eigenvalue weighted by Gasteiger charge is 2.35. The van der Waals surface area contributed by atoms with E-state index in [0.717, 1.165) is 37.3 Å². The molecule has 0 amide bonds. The van der Waals surface area contributed by atoms with Crippen molar-refractivity contribution in [1.29, 1.82) is 0 Å². The lowest BCUT2D eigenvalue weighted by Crippen LogP contribution is -2.17. The second kappa shape index (κ2) is 6.79. The van der Waals surface area contributed by atoms with E-state index in [0.29, 0.717) is 0 Å². The maximum absolute atomic E-state index is 5.58. The molecule has 2 unspecified atom stereocenters. The van der Waals surface area contributed by atoms with Crippen LogP contribution in [0.25, 0.3) is 0 Å². The van der Waals surface area contributed by atoms with Crippen LogP contribution in [-0.4, -0.2) is 12.6 Å². The second-order valence-corrected chi connectivity index (χ2v) is 5.26. The molecule has 100 valence electrons. The Kier molecular flexibility index (Phi) is 5.06. The number of benzene rings is 1. The minimum absolute atomic E-state index is 0.765. The van der Waals surface area contributed by atoms with Crippen molar-refractivity contribution in [2.75, 3.05) is 6.61 Å². The average Bonchev–Trinajstić information content (AvgIpc) is 3.14. The van der Waals surface area contributed by atoms with Gasteiger partial charge in [0.2, 0.25) is 0 Å². The molecule has 2 atom stereocenters.